The Morgan fingerprint density at radius 2 is 1.96 bits per heavy atom. The zero-order valence-corrected chi connectivity index (χ0v) is 13.9. The number of hydrogen-bond donors (Lipinski definition) is 2. The summed E-state index contributed by atoms with van der Waals surface area (Å²) in [5.41, 5.74) is 5.29. The van der Waals surface area contributed by atoms with Crippen LogP contribution in [0.3, 0.4) is 0 Å². The molecular formula is C19H16ClN3O. The smallest absolute Gasteiger partial charge is 0.257 e. The molecule has 1 aromatic heterocycles. The van der Waals surface area contributed by atoms with E-state index in [9.17, 15) is 4.79 Å². The number of aromatic nitrogens is 1. The number of hydrogen-bond acceptors (Lipinski definition) is 3. The molecule has 0 radical (unpaired) electrons. The molecule has 0 bridgehead atoms. The predicted molar refractivity (Wildman–Crippen MR) is 96.4 cm³/mol. The molecule has 0 saturated heterocycles. The van der Waals surface area contributed by atoms with E-state index in [4.69, 9.17) is 11.6 Å². The average Bonchev–Trinajstić information content (AvgIpc) is 3.02. The van der Waals surface area contributed by atoms with Gasteiger partial charge in [0.2, 0.25) is 0 Å². The lowest BCUT2D eigenvalue weighted by atomic mass is 10.1. The SMILES string of the molecule is Cc1ccc2cc(Cl)cc(C(=O)Nc3ccc4c(c3)CNC4)c2n1. The molecule has 2 heterocycles. The van der Waals surface area contributed by atoms with E-state index >= 15 is 0 Å². The Morgan fingerprint density at radius 1 is 1.12 bits per heavy atom. The van der Waals surface area contributed by atoms with Gasteiger partial charge in [-0.25, -0.2) is 0 Å². The highest BCUT2D eigenvalue weighted by atomic mass is 35.5. The molecule has 1 aliphatic heterocycles. The molecule has 0 spiro atoms. The number of amides is 1. The van der Waals surface area contributed by atoms with Crippen molar-refractivity contribution in [2.45, 2.75) is 20.0 Å². The van der Waals surface area contributed by atoms with Crippen molar-refractivity contribution in [2.24, 2.45) is 0 Å². The van der Waals surface area contributed by atoms with Crippen molar-refractivity contribution in [1.82, 2.24) is 10.3 Å². The fraction of sp³-hybridized carbons (Fsp3) is 0.158. The second kappa shape index (κ2) is 5.89. The van der Waals surface area contributed by atoms with E-state index < -0.39 is 0 Å². The van der Waals surface area contributed by atoms with Gasteiger partial charge in [-0.05, 0) is 48.4 Å². The van der Waals surface area contributed by atoms with Gasteiger partial charge in [0, 0.05) is 34.9 Å². The minimum atomic E-state index is -0.202. The summed E-state index contributed by atoms with van der Waals surface area (Å²) in [5, 5.41) is 7.64. The number of nitrogens with zero attached hydrogens (tertiary/aromatic N) is 1. The lowest BCUT2D eigenvalue weighted by Gasteiger charge is -2.10. The number of anilines is 1. The number of halogens is 1. The number of benzene rings is 2. The summed E-state index contributed by atoms with van der Waals surface area (Å²) in [4.78, 5) is 17.3. The zero-order chi connectivity index (χ0) is 16.7. The Morgan fingerprint density at radius 3 is 2.83 bits per heavy atom. The van der Waals surface area contributed by atoms with Crippen LogP contribution in [0.4, 0.5) is 5.69 Å². The third-order valence-corrected chi connectivity index (χ3v) is 4.45. The Kier molecular flexibility index (Phi) is 3.71. The molecule has 2 N–H and O–H groups in total. The summed E-state index contributed by atoms with van der Waals surface area (Å²) in [6, 6.07) is 13.3. The first kappa shape index (κ1) is 15.1. The van der Waals surface area contributed by atoms with Crippen molar-refractivity contribution in [1.29, 1.82) is 0 Å². The van der Waals surface area contributed by atoms with Crippen LogP contribution in [0.2, 0.25) is 5.02 Å². The first-order valence-corrected chi connectivity index (χ1v) is 8.19. The monoisotopic (exact) mass is 337 g/mol. The third kappa shape index (κ3) is 2.75. The third-order valence-electron chi connectivity index (χ3n) is 4.24. The fourth-order valence-corrected chi connectivity index (χ4v) is 3.27. The van der Waals surface area contributed by atoms with Crippen LogP contribution in [0.5, 0.6) is 0 Å². The predicted octanol–water partition coefficient (Wildman–Crippen LogP) is 4.05. The second-order valence-corrected chi connectivity index (χ2v) is 6.46. The van der Waals surface area contributed by atoms with Gasteiger partial charge in [0.15, 0.2) is 0 Å². The van der Waals surface area contributed by atoms with Gasteiger partial charge in [-0.3, -0.25) is 9.78 Å². The van der Waals surface area contributed by atoms with Gasteiger partial charge in [0.05, 0.1) is 11.1 Å². The number of nitrogens with one attached hydrogen (secondary N) is 2. The maximum absolute atomic E-state index is 12.8. The van der Waals surface area contributed by atoms with Crippen molar-refractivity contribution < 1.29 is 4.79 Å². The second-order valence-electron chi connectivity index (χ2n) is 6.02. The summed E-state index contributed by atoms with van der Waals surface area (Å²) >= 11 is 6.17. The molecule has 0 unspecified atom stereocenters. The van der Waals surface area contributed by atoms with Crippen LogP contribution >= 0.6 is 11.6 Å². The molecule has 3 aromatic rings. The maximum Gasteiger partial charge on any atom is 0.257 e. The number of carbonyl (C=O) groups is 1. The van der Waals surface area contributed by atoms with E-state index in [2.05, 4.69) is 15.6 Å². The highest BCUT2D eigenvalue weighted by Gasteiger charge is 2.15. The number of pyridine rings is 1. The topological polar surface area (TPSA) is 54.0 Å². The van der Waals surface area contributed by atoms with Crippen LogP contribution < -0.4 is 10.6 Å². The molecule has 1 aliphatic rings. The van der Waals surface area contributed by atoms with Crippen LogP contribution in [0, 0.1) is 6.92 Å². The van der Waals surface area contributed by atoms with E-state index in [0.29, 0.717) is 16.1 Å². The Bertz CT molecular complexity index is 968. The van der Waals surface area contributed by atoms with Crippen LogP contribution in [-0.4, -0.2) is 10.9 Å². The lowest BCUT2D eigenvalue weighted by Crippen LogP contribution is -2.13. The van der Waals surface area contributed by atoms with Crippen molar-refractivity contribution in [3.8, 4) is 0 Å². The summed E-state index contributed by atoms with van der Waals surface area (Å²) in [5.74, 6) is -0.202. The molecule has 120 valence electrons. The Balaban J connectivity index is 1.72. The highest BCUT2D eigenvalue weighted by molar-refractivity contribution is 6.32. The number of carbonyl (C=O) groups excluding carboxylic acids is 1. The first-order chi connectivity index (χ1) is 11.6. The molecule has 0 aliphatic carbocycles. The van der Waals surface area contributed by atoms with Crippen LogP contribution in [0.1, 0.15) is 27.2 Å². The summed E-state index contributed by atoms with van der Waals surface area (Å²) in [6.45, 7) is 3.62. The molecule has 4 rings (SSSR count). The summed E-state index contributed by atoms with van der Waals surface area (Å²) in [6.07, 6.45) is 0. The van der Waals surface area contributed by atoms with E-state index in [1.807, 2.05) is 43.3 Å². The minimum absolute atomic E-state index is 0.202. The van der Waals surface area contributed by atoms with E-state index in [0.717, 1.165) is 29.9 Å². The average molecular weight is 338 g/mol. The fourth-order valence-electron chi connectivity index (χ4n) is 3.04. The molecule has 24 heavy (non-hydrogen) atoms. The number of rotatable bonds is 2. The molecule has 2 aromatic carbocycles. The normalized spacial score (nSPS) is 13.1. The van der Waals surface area contributed by atoms with Gasteiger partial charge in [0.25, 0.3) is 5.91 Å². The maximum atomic E-state index is 12.8. The van der Waals surface area contributed by atoms with Crippen molar-refractivity contribution in [3.05, 3.63) is 69.9 Å². The largest absolute Gasteiger partial charge is 0.322 e. The highest BCUT2D eigenvalue weighted by Crippen LogP contribution is 2.25. The first-order valence-electron chi connectivity index (χ1n) is 7.81. The summed E-state index contributed by atoms with van der Waals surface area (Å²) < 4.78 is 0. The van der Waals surface area contributed by atoms with Gasteiger partial charge in [-0.15, -0.1) is 0 Å². The van der Waals surface area contributed by atoms with Gasteiger partial charge in [-0.2, -0.15) is 0 Å². The number of fused-ring (bicyclic) bond motifs is 2. The van der Waals surface area contributed by atoms with Gasteiger partial charge in [-0.1, -0.05) is 23.7 Å². The van der Waals surface area contributed by atoms with Gasteiger partial charge in [0.1, 0.15) is 0 Å². The Hall–Kier alpha value is -2.43. The Labute approximate surface area is 144 Å². The van der Waals surface area contributed by atoms with Gasteiger partial charge >= 0.3 is 0 Å². The minimum Gasteiger partial charge on any atom is -0.322 e. The van der Waals surface area contributed by atoms with Crippen molar-refractivity contribution in [3.63, 3.8) is 0 Å². The lowest BCUT2D eigenvalue weighted by molar-refractivity contribution is 0.102. The summed E-state index contributed by atoms with van der Waals surface area (Å²) in [7, 11) is 0. The van der Waals surface area contributed by atoms with E-state index in [1.54, 1.807) is 6.07 Å². The molecule has 4 nitrogen and oxygen atoms in total. The molecule has 5 heteroatoms. The van der Waals surface area contributed by atoms with Crippen LogP contribution in [0.25, 0.3) is 10.9 Å². The van der Waals surface area contributed by atoms with Crippen LogP contribution in [0.15, 0.2) is 42.5 Å². The molecule has 0 fully saturated rings. The van der Waals surface area contributed by atoms with Crippen LogP contribution in [-0.2, 0) is 13.1 Å². The quantitative estimate of drug-likeness (QED) is 0.741. The number of aryl methyl sites for hydroxylation is 1. The molecule has 0 atom stereocenters. The van der Waals surface area contributed by atoms with E-state index in [1.165, 1.54) is 11.1 Å². The van der Waals surface area contributed by atoms with Gasteiger partial charge < -0.3 is 10.6 Å². The molecule has 1 amide bonds. The van der Waals surface area contributed by atoms with Crippen molar-refractivity contribution >= 4 is 34.1 Å². The van der Waals surface area contributed by atoms with E-state index in [-0.39, 0.29) is 5.91 Å². The van der Waals surface area contributed by atoms with Crippen molar-refractivity contribution in [2.75, 3.05) is 5.32 Å². The molecule has 0 saturated carbocycles. The zero-order valence-electron chi connectivity index (χ0n) is 13.2. The molecular weight excluding hydrogens is 322 g/mol. The standard InChI is InChI=1S/C19H16ClN3O/c1-11-2-3-12-6-15(20)8-17(18(12)22-11)19(24)23-16-5-4-13-9-21-10-14(13)7-16/h2-8,21H,9-10H2,1H3,(H,23,24).